The van der Waals surface area contributed by atoms with Crippen LogP contribution in [-0.4, -0.2) is 11.7 Å². The van der Waals surface area contributed by atoms with E-state index in [1.54, 1.807) is 18.2 Å². The second-order valence-corrected chi connectivity index (χ2v) is 5.26. The molecule has 0 fully saturated rings. The van der Waals surface area contributed by atoms with Crippen LogP contribution in [0.15, 0.2) is 42.5 Å². The lowest BCUT2D eigenvalue weighted by Crippen LogP contribution is -2.15. The van der Waals surface area contributed by atoms with Gasteiger partial charge in [0, 0.05) is 15.7 Å². The fourth-order valence-electron chi connectivity index (χ4n) is 1.94. The van der Waals surface area contributed by atoms with E-state index < -0.39 is 0 Å². The Morgan fingerprint density at radius 1 is 1.16 bits per heavy atom. The molecule has 0 aliphatic rings. The number of aliphatic hydroxyl groups excluding tert-OH is 1. The van der Waals surface area contributed by atoms with Gasteiger partial charge < -0.3 is 10.4 Å². The van der Waals surface area contributed by atoms with Crippen LogP contribution in [0.3, 0.4) is 0 Å². The van der Waals surface area contributed by atoms with Gasteiger partial charge >= 0.3 is 0 Å². The van der Waals surface area contributed by atoms with E-state index >= 15 is 0 Å². The molecule has 1 atom stereocenters. The summed E-state index contributed by atoms with van der Waals surface area (Å²) in [5, 5.41) is 14.0. The highest BCUT2D eigenvalue weighted by Crippen LogP contribution is 2.28. The van der Waals surface area contributed by atoms with Crippen molar-refractivity contribution in [2.45, 2.75) is 13.0 Å². The van der Waals surface area contributed by atoms with Crippen LogP contribution in [0.1, 0.15) is 17.2 Å². The van der Waals surface area contributed by atoms with E-state index in [-0.39, 0.29) is 12.6 Å². The SMILES string of the molecule is Cc1cccc(NC(CO)c2cc(Cl)ccc2Cl)c1. The lowest BCUT2D eigenvalue weighted by atomic mass is 10.1. The molecule has 2 N–H and O–H groups in total. The predicted octanol–water partition coefficient (Wildman–Crippen LogP) is 4.45. The van der Waals surface area contributed by atoms with Crippen molar-refractivity contribution in [2.75, 3.05) is 11.9 Å². The van der Waals surface area contributed by atoms with Gasteiger partial charge in [0.15, 0.2) is 0 Å². The van der Waals surface area contributed by atoms with Crippen molar-refractivity contribution in [3.63, 3.8) is 0 Å². The minimum atomic E-state index is -0.284. The normalized spacial score (nSPS) is 12.2. The zero-order chi connectivity index (χ0) is 13.8. The quantitative estimate of drug-likeness (QED) is 0.873. The molecule has 0 aliphatic carbocycles. The minimum absolute atomic E-state index is 0.0615. The molecule has 0 aromatic heterocycles. The summed E-state index contributed by atoms with van der Waals surface area (Å²) < 4.78 is 0. The van der Waals surface area contributed by atoms with Crippen molar-refractivity contribution in [1.82, 2.24) is 0 Å². The van der Waals surface area contributed by atoms with Gasteiger partial charge in [-0.3, -0.25) is 0 Å². The summed E-state index contributed by atoms with van der Waals surface area (Å²) in [7, 11) is 0. The Labute approximate surface area is 123 Å². The van der Waals surface area contributed by atoms with Crippen LogP contribution < -0.4 is 5.32 Å². The smallest absolute Gasteiger partial charge is 0.0759 e. The van der Waals surface area contributed by atoms with Crippen LogP contribution in [0.5, 0.6) is 0 Å². The first-order chi connectivity index (χ1) is 9.10. The molecule has 0 saturated heterocycles. The lowest BCUT2D eigenvalue weighted by Gasteiger charge is -2.19. The molecule has 0 radical (unpaired) electrons. The first-order valence-electron chi connectivity index (χ1n) is 5.99. The molecule has 2 aromatic rings. The predicted molar refractivity (Wildman–Crippen MR) is 81.1 cm³/mol. The third-order valence-electron chi connectivity index (χ3n) is 2.88. The Morgan fingerprint density at radius 3 is 2.63 bits per heavy atom. The Hall–Kier alpha value is -1.22. The first-order valence-corrected chi connectivity index (χ1v) is 6.75. The summed E-state index contributed by atoms with van der Waals surface area (Å²) in [6, 6.07) is 12.9. The number of benzene rings is 2. The second kappa shape index (κ2) is 6.29. The van der Waals surface area contributed by atoms with Crippen LogP contribution in [0, 0.1) is 6.92 Å². The molecule has 0 heterocycles. The van der Waals surface area contributed by atoms with Crippen LogP contribution in [0.2, 0.25) is 10.0 Å². The molecule has 0 amide bonds. The molecule has 0 bridgehead atoms. The molecule has 2 aromatic carbocycles. The second-order valence-electron chi connectivity index (χ2n) is 4.41. The number of halogens is 2. The standard InChI is InChI=1S/C15H15Cl2NO/c1-10-3-2-4-12(7-10)18-15(9-19)13-8-11(16)5-6-14(13)17/h2-8,15,18-19H,9H2,1H3. The highest BCUT2D eigenvalue weighted by atomic mass is 35.5. The van der Waals surface area contributed by atoms with Gasteiger partial charge in [-0.05, 0) is 48.4 Å². The van der Waals surface area contributed by atoms with Gasteiger partial charge in [-0.25, -0.2) is 0 Å². The van der Waals surface area contributed by atoms with E-state index in [1.165, 1.54) is 0 Å². The van der Waals surface area contributed by atoms with Gasteiger partial charge in [0.05, 0.1) is 12.6 Å². The zero-order valence-electron chi connectivity index (χ0n) is 10.5. The summed E-state index contributed by atoms with van der Waals surface area (Å²) in [5.74, 6) is 0. The van der Waals surface area contributed by atoms with Gasteiger partial charge in [0.1, 0.15) is 0 Å². The Morgan fingerprint density at radius 2 is 1.95 bits per heavy atom. The molecule has 0 saturated carbocycles. The van der Waals surface area contributed by atoms with Crippen LogP contribution in [0.25, 0.3) is 0 Å². The molecule has 2 rings (SSSR count). The summed E-state index contributed by atoms with van der Waals surface area (Å²) >= 11 is 12.1. The lowest BCUT2D eigenvalue weighted by molar-refractivity contribution is 0.276. The molecule has 2 nitrogen and oxygen atoms in total. The number of rotatable bonds is 4. The van der Waals surface area contributed by atoms with E-state index in [9.17, 15) is 5.11 Å². The molecule has 4 heteroatoms. The van der Waals surface area contributed by atoms with E-state index in [1.807, 2.05) is 31.2 Å². The number of hydrogen-bond acceptors (Lipinski definition) is 2. The first kappa shape index (κ1) is 14.2. The van der Waals surface area contributed by atoms with E-state index in [0.717, 1.165) is 16.8 Å². The van der Waals surface area contributed by atoms with Gasteiger partial charge in [-0.2, -0.15) is 0 Å². The highest BCUT2D eigenvalue weighted by molar-refractivity contribution is 6.33. The number of hydrogen-bond donors (Lipinski definition) is 2. The topological polar surface area (TPSA) is 32.3 Å². The number of anilines is 1. The van der Waals surface area contributed by atoms with Crippen molar-refractivity contribution in [1.29, 1.82) is 0 Å². The summed E-state index contributed by atoms with van der Waals surface area (Å²) in [6.45, 7) is 1.96. The molecular formula is C15H15Cl2NO. The fraction of sp³-hybridized carbons (Fsp3) is 0.200. The van der Waals surface area contributed by atoms with Crippen molar-refractivity contribution in [2.24, 2.45) is 0 Å². The summed E-state index contributed by atoms with van der Waals surface area (Å²) in [4.78, 5) is 0. The summed E-state index contributed by atoms with van der Waals surface area (Å²) in [6.07, 6.45) is 0. The largest absolute Gasteiger partial charge is 0.394 e. The summed E-state index contributed by atoms with van der Waals surface area (Å²) in [5.41, 5.74) is 2.88. The average molecular weight is 296 g/mol. The van der Waals surface area contributed by atoms with E-state index in [4.69, 9.17) is 23.2 Å². The van der Waals surface area contributed by atoms with Crippen molar-refractivity contribution in [3.05, 3.63) is 63.6 Å². The Kier molecular flexibility index (Phi) is 4.70. The molecule has 0 spiro atoms. The van der Waals surface area contributed by atoms with Crippen LogP contribution >= 0.6 is 23.2 Å². The minimum Gasteiger partial charge on any atom is -0.394 e. The monoisotopic (exact) mass is 295 g/mol. The number of aliphatic hydroxyl groups is 1. The molecule has 1 unspecified atom stereocenters. The third kappa shape index (κ3) is 3.63. The van der Waals surface area contributed by atoms with E-state index in [0.29, 0.717) is 10.0 Å². The maximum atomic E-state index is 9.56. The Bertz CT molecular complexity index is 572. The van der Waals surface area contributed by atoms with E-state index in [2.05, 4.69) is 5.32 Å². The molecule has 0 aliphatic heterocycles. The maximum absolute atomic E-state index is 9.56. The number of nitrogens with one attached hydrogen (secondary N) is 1. The van der Waals surface area contributed by atoms with Crippen LogP contribution in [-0.2, 0) is 0 Å². The van der Waals surface area contributed by atoms with Gasteiger partial charge in [0.25, 0.3) is 0 Å². The van der Waals surface area contributed by atoms with Crippen LogP contribution in [0.4, 0.5) is 5.69 Å². The van der Waals surface area contributed by atoms with Gasteiger partial charge in [-0.1, -0.05) is 35.3 Å². The van der Waals surface area contributed by atoms with Gasteiger partial charge in [-0.15, -0.1) is 0 Å². The molecular weight excluding hydrogens is 281 g/mol. The van der Waals surface area contributed by atoms with Gasteiger partial charge in [0.2, 0.25) is 0 Å². The van der Waals surface area contributed by atoms with Crippen molar-refractivity contribution < 1.29 is 5.11 Å². The fourth-order valence-corrected chi connectivity index (χ4v) is 2.37. The third-order valence-corrected chi connectivity index (χ3v) is 3.45. The van der Waals surface area contributed by atoms with Crippen molar-refractivity contribution >= 4 is 28.9 Å². The highest BCUT2D eigenvalue weighted by Gasteiger charge is 2.14. The molecule has 100 valence electrons. The maximum Gasteiger partial charge on any atom is 0.0759 e. The Balaban J connectivity index is 2.27. The zero-order valence-corrected chi connectivity index (χ0v) is 12.0. The average Bonchev–Trinajstić information content (AvgIpc) is 2.39. The van der Waals surface area contributed by atoms with Crippen molar-refractivity contribution in [3.8, 4) is 0 Å². The number of aryl methyl sites for hydroxylation is 1. The molecule has 19 heavy (non-hydrogen) atoms.